The van der Waals surface area contributed by atoms with Gasteiger partial charge in [0, 0.05) is 18.4 Å². The molecule has 0 bridgehead atoms. The molecule has 1 spiro atoms. The number of anilines is 1. The lowest BCUT2D eigenvalue weighted by Crippen LogP contribution is -2.56. The molecular weight excluding hydrogens is 363 g/mol. The second-order valence-electron chi connectivity index (χ2n) is 7.32. The normalized spacial score (nSPS) is 22.2. The summed E-state index contributed by atoms with van der Waals surface area (Å²) in [6.07, 6.45) is 2.15. The molecule has 28 heavy (non-hydrogen) atoms. The van der Waals surface area contributed by atoms with Crippen LogP contribution in [-0.2, 0) is 9.53 Å². The summed E-state index contributed by atoms with van der Waals surface area (Å²) in [6, 6.07) is 5.95. The van der Waals surface area contributed by atoms with Crippen molar-refractivity contribution in [3.63, 3.8) is 0 Å². The number of carbonyl (C=O) groups is 2. The van der Waals surface area contributed by atoms with Crippen LogP contribution in [0, 0.1) is 19.7 Å². The molecule has 1 aromatic heterocycles. The summed E-state index contributed by atoms with van der Waals surface area (Å²) in [5.74, 6) is -0.147. The van der Waals surface area contributed by atoms with Crippen molar-refractivity contribution in [2.75, 3.05) is 31.1 Å². The molecule has 0 saturated carbocycles. The minimum Gasteiger partial charge on any atom is -0.361 e. The molecule has 0 aliphatic carbocycles. The topological polar surface area (TPSA) is 75.6 Å². The average Bonchev–Trinajstić information content (AvgIpc) is 3.07. The zero-order valence-corrected chi connectivity index (χ0v) is 15.8. The number of likely N-dealkylation sites (tertiary alicyclic amines) is 1. The van der Waals surface area contributed by atoms with Crippen molar-refractivity contribution in [1.29, 1.82) is 0 Å². The van der Waals surface area contributed by atoms with Crippen LogP contribution in [0.5, 0.6) is 0 Å². The van der Waals surface area contributed by atoms with Crippen LogP contribution in [0.2, 0.25) is 0 Å². The fraction of sp³-hybridized carbons (Fsp3) is 0.400. The quantitative estimate of drug-likeness (QED) is 0.790. The van der Waals surface area contributed by atoms with Crippen LogP contribution in [0.3, 0.4) is 0 Å². The first kappa shape index (κ1) is 18.5. The Morgan fingerprint density at radius 2 is 2.11 bits per heavy atom. The molecule has 2 amide bonds. The Hall–Kier alpha value is -2.87. The lowest BCUT2D eigenvalue weighted by Gasteiger charge is -2.40. The Morgan fingerprint density at radius 1 is 1.29 bits per heavy atom. The van der Waals surface area contributed by atoms with Gasteiger partial charge in [0.15, 0.2) is 0 Å². The van der Waals surface area contributed by atoms with Crippen molar-refractivity contribution in [2.45, 2.75) is 25.9 Å². The molecule has 1 aromatic carbocycles. The first-order valence-corrected chi connectivity index (χ1v) is 9.16. The smallest absolute Gasteiger partial charge is 0.257 e. The van der Waals surface area contributed by atoms with E-state index in [0.29, 0.717) is 42.3 Å². The Bertz CT molecular complexity index is 951. The molecular formula is C20H21FN4O3. The summed E-state index contributed by atoms with van der Waals surface area (Å²) in [7, 11) is 0. The zero-order valence-electron chi connectivity index (χ0n) is 15.8. The molecule has 2 saturated heterocycles. The monoisotopic (exact) mass is 384 g/mol. The van der Waals surface area contributed by atoms with Gasteiger partial charge in [-0.25, -0.2) is 14.4 Å². The van der Waals surface area contributed by atoms with Crippen molar-refractivity contribution >= 4 is 17.5 Å². The highest BCUT2D eigenvalue weighted by atomic mass is 19.1. The highest BCUT2D eigenvalue weighted by Gasteiger charge is 2.47. The number of hydrogen-bond acceptors (Lipinski definition) is 5. The minimum atomic E-state index is -0.657. The van der Waals surface area contributed by atoms with Gasteiger partial charge < -0.3 is 14.5 Å². The van der Waals surface area contributed by atoms with Crippen molar-refractivity contribution in [3.05, 3.63) is 53.4 Å². The van der Waals surface area contributed by atoms with Crippen LogP contribution in [0.25, 0.3) is 0 Å². The number of morpholine rings is 1. The number of aromatic nitrogens is 2. The van der Waals surface area contributed by atoms with E-state index in [0.717, 1.165) is 0 Å². The summed E-state index contributed by atoms with van der Waals surface area (Å²) in [5.41, 5.74) is 0.950. The SMILES string of the molecule is Cc1ncc(C(=O)N2CCC3(C2)CN(c2cccc(F)c2)C(=O)CO3)c(C)n1. The maximum atomic E-state index is 13.6. The first-order valence-electron chi connectivity index (χ1n) is 9.16. The van der Waals surface area contributed by atoms with E-state index in [1.807, 2.05) is 0 Å². The van der Waals surface area contributed by atoms with E-state index in [2.05, 4.69) is 9.97 Å². The van der Waals surface area contributed by atoms with Crippen LogP contribution in [0.1, 0.15) is 28.3 Å². The van der Waals surface area contributed by atoms with E-state index in [1.165, 1.54) is 12.1 Å². The van der Waals surface area contributed by atoms with Gasteiger partial charge in [-0.15, -0.1) is 0 Å². The van der Waals surface area contributed by atoms with Crippen LogP contribution in [-0.4, -0.2) is 58.5 Å². The number of nitrogens with zero attached hydrogens (tertiary/aromatic N) is 4. The third-order valence-corrected chi connectivity index (χ3v) is 5.30. The maximum Gasteiger partial charge on any atom is 0.257 e. The summed E-state index contributed by atoms with van der Waals surface area (Å²) in [6.45, 7) is 4.62. The molecule has 146 valence electrons. The van der Waals surface area contributed by atoms with E-state index in [4.69, 9.17) is 4.74 Å². The van der Waals surface area contributed by atoms with Gasteiger partial charge in [0.05, 0.1) is 24.3 Å². The van der Waals surface area contributed by atoms with Gasteiger partial charge in [-0.05, 0) is 38.5 Å². The number of benzene rings is 1. The van der Waals surface area contributed by atoms with Crippen molar-refractivity contribution in [1.82, 2.24) is 14.9 Å². The number of halogens is 1. The predicted octanol–water partition coefficient (Wildman–Crippen LogP) is 1.88. The Morgan fingerprint density at radius 3 is 2.86 bits per heavy atom. The van der Waals surface area contributed by atoms with Gasteiger partial charge in [-0.2, -0.15) is 0 Å². The molecule has 4 rings (SSSR count). The highest BCUT2D eigenvalue weighted by Crippen LogP contribution is 2.33. The first-order chi connectivity index (χ1) is 13.4. The Balaban J connectivity index is 1.53. The maximum absolute atomic E-state index is 13.6. The minimum absolute atomic E-state index is 0.0920. The third kappa shape index (κ3) is 3.35. The van der Waals surface area contributed by atoms with Gasteiger partial charge in [-0.1, -0.05) is 6.07 Å². The Kier molecular flexibility index (Phi) is 4.58. The molecule has 2 fully saturated rings. The number of amides is 2. The fourth-order valence-electron chi connectivity index (χ4n) is 3.82. The predicted molar refractivity (Wildman–Crippen MR) is 99.5 cm³/mol. The van der Waals surface area contributed by atoms with Gasteiger partial charge in [0.2, 0.25) is 0 Å². The third-order valence-electron chi connectivity index (χ3n) is 5.30. The van der Waals surface area contributed by atoms with Gasteiger partial charge in [0.25, 0.3) is 11.8 Å². The van der Waals surface area contributed by atoms with E-state index in [1.54, 1.807) is 42.0 Å². The Labute approximate surface area is 162 Å². The average molecular weight is 384 g/mol. The van der Waals surface area contributed by atoms with Crippen molar-refractivity contribution in [2.24, 2.45) is 0 Å². The second-order valence-corrected chi connectivity index (χ2v) is 7.32. The molecule has 8 heteroatoms. The summed E-state index contributed by atoms with van der Waals surface area (Å²) in [5, 5.41) is 0. The standard InChI is InChI=1S/C20H21FN4O3/c1-13-17(9-22-14(2)23-13)19(27)24-7-6-20(11-24)12-25(18(26)10-28-20)16-5-3-4-15(21)8-16/h3-5,8-9H,6-7,10-12H2,1-2H3. The number of carbonyl (C=O) groups excluding carboxylic acids is 2. The molecule has 7 nitrogen and oxygen atoms in total. The van der Waals surface area contributed by atoms with Crippen molar-refractivity contribution < 1.29 is 18.7 Å². The number of rotatable bonds is 2. The zero-order chi connectivity index (χ0) is 19.9. The summed E-state index contributed by atoms with van der Waals surface area (Å²) in [4.78, 5) is 36.9. The van der Waals surface area contributed by atoms with Crippen LogP contribution in [0.15, 0.2) is 30.5 Å². The number of aryl methyl sites for hydroxylation is 2. The molecule has 2 aromatic rings. The molecule has 0 N–H and O–H groups in total. The van der Waals surface area contributed by atoms with Gasteiger partial charge >= 0.3 is 0 Å². The van der Waals surface area contributed by atoms with E-state index < -0.39 is 11.4 Å². The fourth-order valence-corrected chi connectivity index (χ4v) is 3.82. The molecule has 1 atom stereocenters. The number of hydrogen-bond donors (Lipinski definition) is 0. The lowest BCUT2D eigenvalue weighted by atomic mass is 10.00. The molecule has 3 heterocycles. The van der Waals surface area contributed by atoms with Gasteiger partial charge in [-0.3, -0.25) is 9.59 Å². The largest absolute Gasteiger partial charge is 0.361 e. The van der Waals surface area contributed by atoms with Gasteiger partial charge in [0.1, 0.15) is 23.8 Å². The second kappa shape index (κ2) is 6.94. The molecule has 2 aliphatic heterocycles. The van der Waals surface area contributed by atoms with E-state index >= 15 is 0 Å². The van der Waals surface area contributed by atoms with E-state index in [9.17, 15) is 14.0 Å². The van der Waals surface area contributed by atoms with Crippen LogP contribution in [0.4, 0.5) is 10.1 Å². The van der Waals surface area contributed by atoms with E-state index in [-0.39, 0.29) is 25.0 Å². The van der Waals surface area contributed by atoms with Crippen LogP contribution < -0.4 is 4.90 Å². The lowest BCUT2D eigenvalue weighted by molar-refractivity contribution is -0.137. The summed E-state index contributed by atoms with van der Waals surface area (Å²) < 4.78 is 19.5. The highest BCUT2D eigenvalue weighted by molar-refractivity contribution is 5.96. The summed E-state index contributed by atoms with van der Waals surface area (Å²) >= 11 is 0. The molecule has 1 unspecified atom stereocenters. The molecule has 0 radical (unpaired) electrons. The van der Waals surface area contributed by atoms with Crippen LogP contribution >= 0.6 is 0 Å². The molecule has 2 aliphatic rings. The van der Waals surface area contributed by atoms with Crippen molar-refractivity contribution in [3.8, 4) is 0 Å². The number of ether oxygens (including phenoxy) is 1.